The first-order valence-corrected chi connectivity index (χ1v) is 2.90. The van der Waals surface area contributed by atoms with Crippen LogP contribution in [0.4, 0.5) is 8.78 Å². The molecular formula is C5H10F2N+. The van der Waals surface area contributed by atoms with Crippen molar-refractivity contribution >= 4 is 0 Å². The van der Waals surface area contributed by atoms with Crippen molar-refractivity contribution in [1.29, 1.82) is 0 Å². The molecule has 1 fully saturated rings. The van der Waals surface area contributed by atoms with Crippen molar-refractivity contribution in [1.82, 2.24) is 0 Å². The monoisotopic (exact) mass is 122 g/mol. The Morgan fingerprint density at radius 1 is 1.12 bits per heavy atom. The minimum Gasteiger partial charge on any atom is -0.346 e. The van der Waals surface area contributed by atoms with E-state index in [1.54, 1.807) is 0 Å². The molecule has 1 heterocycles. The highest BCUT2D eigenvalue weighted by Crippen LogP contribution is 2.21. The molecular weight excluding hydrogens is 112 g/mol. The summed E-state index contributed by atoms with van der Waals surface area (Å²) in [5.74, 6) is -2.35. The summed E-state index contributed by atoms with van der Waals surface area (Å²) in [4.78, 5) is 0. The van der Waals surface area contributed by atoms with Gasteiger partial charge in [0.1, 0.15) is 0 Å². The fraction of sp³-hybridized carbons (Fsp3) is 1.00. The first-order valence-electron chi connectivity index (χ1n) is 2.90. The molecule has 1 aliphatic rings. The second kappa shape index (κ2) is 1.97. The number of hydrogen-bond donors (Lipinski definition) is 1. The van der Waals surface area contributed by atoms with E-state index in [-0.39, 0.29) is 12.8 Å². The number of alkyl halides is 2. The molecule has 1 saturated heterocycles. The molecule has 1 nitrogen and oxygen atoms in total. The second-order valence-corrected chi connectivity index (χ2v) is 2.22. The third-order valence-corrected chi connectivity index (χ3v) is 1.43. The van der Waals surface area contributed by atoms with Gasteiger partial charge in [-0.15, -0.1) is 0 Å². The van der Waals surface area contributed by atoms with E-state index in [1.807, 2.05) is 5.32 Å². The van der Waals surface area contributed by atoms with Crippen LogP contribution >= 0.6 is 0 Å². The smallest absolute Gasteiger partial charge is 0.258 e. The average Bonchev–Trinajstić information content (AvgIpc) is 1.65. The first kappa shape index (κ1) is 5.95. The van der Waals surface area contributed by atoms with Gasteiger partial charge >= 0.3 is 0 Å². The molecule has 8 heavy (non-hydrogen) atoms. The van der Waals surface area contributed by atoms with Crippen molar-refractivity contribution in [2.24, 2.45) is 0 Å². The number of nitrogens with two attached hydrogens (primary N) is 1. The number of piperidine rings is 1. The van der Waals surface area contributed by atoms with Gasteiger partial charge in [-0.1, -0.05) is 0 Å². The van der Waals surface area contributed by atoms with Crippen LogP contribution in [-0.2, 0) is 0 Å². The average molecular weight is 122 g/mol. The Kier molecular flexibility index (Phi) is 1.47. The summed E-state index contributed by atoms with van der Waals surface area (Å²) in [5.41, 5.74) is 0. The number of rotatable bonds is 0. The number of halogens is 2. The van der Waals surface area contributed by atoms with Gasteiger partial charge in [0.15, 0.2) is 0 Å². The zero-order valence-electron chi connectivity index (χ0n) is 4.66. The van der Waals surface area contributed by atoms with Crippen LogP contribution in [0.25, 0.3) is 0 Å². The minimum absolute atomic E-state index is 0.0625. The topological polar surface area (TPSA) is 16.6 Å². The Balaban J connectivity index is 2.33. The lowest BCUT2D eigenvalue weighted by molar-refractivity contribution is -0.669. The maximum Gasteiger partial charge on any atom is 0.258 e. The molecule has 0 aliphatic carbocycles. The van der Waals surface area contributed by atoms with E-state index < -0.39 is 5.92 Å². The molecule has 0 atom stereocenters. The van der Waals surface area contributed by atoms with Crippen molar-refractivity contribution in [2.45, 2.75) is 18.8 Å². The fourth-order valence-electron chi connectivity index (χ4n) is 0.896. The van der Waals surface area contributed by atoms with Crippen LogP contribution in [0.3, 0.4) is 0 Å². The van der Waals surface area contributed by atoms with E-state index in [1.165, 1.54) is 0 Å². The highest BCUT2D eigenvalue weighted by atomic mass is 19.3. The molecule has 0 aromatic carbocycles. The van der Waals surface area contributed by atoms with Crippen LogP contribution in [0.15, 0.2) is 0 Å². The fourth-order valence-corrected chi connectivity index (χ4v) is 0.896. The maximum atomic E-state index is 12.2. The van der Waals surface area contributed by atoms with Gasteiger partial charge in [0, 0.05) is 0 Å². The van der Waals surface area contributed by atoms with Crippen molar-refractivity contribution < 1.29 is 14.1 Å². The Bertz CT molecular complexity index is 74.5. The van der Waals surface area contributed by atoms with Gasteiger partial charge in [-0.05, 0) is 0 Å². The predicted molar refractivity (Wildman–Crippen MR) is 25.8 cm³/mol. The minimum atomic E-state index is -2.35. The van der Waals surface area contributed by atoms with Crippen molar-refractivity contribution in [3.05, 3.63) is 0 Å². The third kappa shape index (κ3) is 1.40. The Morgan fingerprint density at radius 2 is 1.62 bits per heavy atom. The lowest BCUT2D eigenvalue weighted by atomic mass is 10.1. The van der Waals surface area contributed by atoms with Crippen LogP contribution in [-0.4, -0.2) is 19.0 Å². The molecule has 0 saturated carbocycles. The molecule has 0 aromatic heterocycles. The summed E-state index contributed by atoms with van der Waals surface area (Å²) in [6, 6.07) is 0. The summed E-state index contributed by atoms with van der Waals surface area (Å²) in [7, 11) is 0. The normalized spacial score (nSPS) is 27.8. The van der Waals surface area contributed by atoms with Gasteiger partial charge in [-0.3, -0.25) is 0 Å². The van der Waals surface area contributed by atoms with E-state index in [2.05, 4.69) is 0 Å². The van der Waals surface area contributed by atoms with E-state index >= 15 is 0 Å². The van der Waals surface area contributed by atoms with Gasteiger partial charge in [-0.25, -0.2) is 8.78 Å². The molecule has 0 radical (unpaired) electrons. The lowest BCUT2D eigenvalue weighted by Gasteiger charge is -2.18. The Morgan fingerprint density at radius 3 is 1.88 bits per heavy atom. The van der Waals surface area contributed by atoms with Gasteiger partial charge in [-0.2, -0.15) is 0 Å². The Hall–Kier alpha value is -0.180. The molecule has 0 aromatic rings. The number of quaternary nitrogens is 1. The molecule has 0 amide bonds. The summed E-state index contributed by atoms with van der Waals surface area (Å²) < 4.78 is 24.4. The molecule has 0 spiro atoms. The van der Waals surface area contributed by atoms with Crippen molar-refractivity contribution in [2.75, 3.05) is 13.1 Å². The standard InChI is InChI=1S/C5H9F2N/c6-5(7)1-3-8-4-2-5/h8H,1-4H2/p+1. The van der Waals surface area contributed by atoms with Gasteiger partial charge < -0.3 is 5.32 Å². The van der Waals surface area contributed by atoms with Crippen molar-refractivity contribution in [3.8, 4) is 0 Å². The van der Waals surface area contributed by atoms with Crippen LogP contribution < -0.4 is 5.32 Å². The van der Waals surface area contributed by atoms with Gasteiger partial charge in [0.2, 0.25) is 0 Å². The molecule has 48 valence electrons. The van der Waals surface area contributed by atoms with Crippen LogP contribution in [0.1, 0.15) is 12.8 Å². The summed E-state index contributed by atoms with van der Waals surface area (Å²) >= 11 is 0. The van der Waals surface area contributed by atoms with E-state index in [4.69, 9.17) is 0 Å². The number of hydrogen-bond acceptors (Lipinski definition) is 0. The summed E-state index contributed by atoms with van der Waals surface area (Å²) in [6.07, 6.45) is 0.125. The Labute approximate surface area is 47.1 Å². The SMILES string of the molecule is FC1(F)CC[NH2+]CC1. The quantitative estimate of drug-likeness (QED) is 0.465. The zero-order chi connectivity index (χ0) is 6.04. The molecule has 0 unspecified atom stereocenters. The lowest BCUT2D eigenvalue weighted by Crippen LogP contribution is -2.87. The maximum absolute atomic E-state index is 12.2. The molecule has 3 heteroatoms. The summed E-state index contributed by atoms with van der Waals surface area (Å²) in [5, 5.41) is 1.93. The highest BCUT2D eigenvalue weighted by molar-refractivity contribution is 4.66. The highest BCUT2D eigenvalue weighted by Gasteiger charge is 2.32. The predicted octanol–water partition coefficient (Wildman–Crippen LogP) is -0.0211. The van der Waals surface area contributed by atoms with Crippen LogP contribution in [0, 0.1) is 0 Å². The second-order valence-electron chi connectivity index (χ2n) is 2.22. The van der Waals surface area contributed by atoms with E-state index in [9.17, 15) is 8.78 Å². The van der Waals surface area contributed by atoms with Crippen molar-refractivity contribution in [3.63, 3.8) is 0 Å². The first-order chi connectivity index (χ1) is 3.71. The van der Waals surface area contributed by atoms with E-state index in [0.717, 1.165) is 0 Å². The van der Waals surface area contributed by atoms with Crippen LogP contribution in [0.5, 0.6) is 0 Å². The van der Waals surface area contributed by atoms with E-state index in [0.29, 0.717) is 13.1 Å². The molecule has 0 bridgehead atoms. The molecule has 2 N–H and O–H groups in total. The van der Waals surface area contributed by atoms with Gasteiger partial charge in [0.25, 0.3) is 5.92 Å². The largest absolute Gasteiger partial charge is 0.346 e. The zero-order valence-corrected chi connectivity index (χ0v) is 4.66. The molecule has 1 aliphatic heterocycles. The summed E-state index contributed by atoms with van der Waals surface area (Å²) in [6.45, 7) is 1.18. The van der Waals surface area contributed by atoms with Gasteiger partial charge in [0.05, 0.1) is 25.9 Å². The molecule has 1 rings (SSSR count). The van der Waals surface area contributed by atoms with Crippen LogP contribution in [0.2, 0.25) is 0 Å². The third-order valence-electron chi connectivity index (χ3n) is 1.43.